The van der Waals surface area contributed by atoms with Crippen molar-refractivity contribution in [1.82, 2.24) is 9.72 Å². The van der Waals surface area contributed by atoms with Crippen LogP contribution in [0.25, 0.3) is 27.7 Å². The number of benzene rings is 3. The number of pyridine rings is 1. The first-order chi connectivity index (χ1) is 17.7. The Morgan fingerprint density at radius 3 is 2.57 bits per heavy atom. The Labute approximate surface area is 215 Å². The van der Waals surface area contributed by atoms with Crippen LogP contribution in [0.5, 0.6) is 5.75 Å². The van der Waals surface area contributed by atoms with E-state index in [0.717, 1.165) is 5.56 Å². The predicted octanol–water partition coefficient (Wildman–Crippen LogP) is 5.56. The van der Waals surface area contributed by atoms with Crippen LogP contribution in [0.3, 0.4) is 0 Å². The summed E-state index contributed by atoms with van der Waals surface area (Å²) in [5, 5.41) is 4.35. The monoisotopic (exact) mass is 539 g/mol. The molecule has 8 nitrogen and oxygen atoms in total. The number of hydrogen-bond donors (Lipinski definition) is 1. The van der Waals surface area contributed by atoms with Crippen LogP contribution in [0, 0.1) is 12.7 Å². The second-order valence-electron chi connectivity index (χ2n) is 8.20. The molecule has 2 heterocycles. The van der Waals surface area contributed by atoms with E-state index in [9.17, 15) is 13.2 Å². The molecule has 3 aromatic carbocycles. The number of anilines is 1. The molecule has 11 heteroatoms. The van der Waals surface area contributed by atoms with Crippen LogP contribution in [-0.4, -0.2) is 25.3 Å². The average Bonchev–Trinajstić information content (AvgIpc) is 3.37. The van der Waals surface area contributed by atoms with Crippen LogP contribution in [0.1, 0.15) is 5.56 Å². The summed E-state index contributed by atoms with van der Waals surface area (Å²) in [5.41, 5.74) is 1.66. The largest absolute Gasteiger partial charge is 0.495 e. The Morgan fingerprint density at radius 2 is 1.84 bits per heavy atom. The first kappa shape index (κ1) is 24.5. The fourth-order valence-electron chi connectivity index (χ4n) is 4.03. The van der Waals surface area contributed by atoms with Crippen molar-refractivity contribution in [3.05, 3.63) is 99.8 Å². The maximum Gasteiger partial charge on any atom is 0.263 e. The van der Waals surface area contributed by atoms with Gasteiger partial charge in [-0.1, -0.05) is 28.4 Å². The standard InChI is InChI=1S/C26H19ClFN3O5S/c1-15-3-6-20(27)18(11-15)19-13-24(35-2)23(14-21(19)28)31-22-7-5-17(12-16(22)4-8-26(31)32)37(33,34)30-25-9-10-36-29-25/h3-14H,1-2H3,(H,29,30). The van der Waals surface area contributed by atoms with E-state index >= 15 is 4.39 Å². The normalized spacial score (nSPS) is 11.6. The van der Waals surface area contributed by atoms with Gasteiger partial charge in [0.2, 0.25) is 0 Å². The van der Waals surface area contributed by atoms with Crippen LogP contribution in [0.15, 0.2) is 87.2 Å². The maximum atomic E-state index is 15.5. The van der Waals surface area contributed by atoms with Crippen molar-refractivity contribution in [2.45, 2.75) is 11.8 Å². The van der Waals surface area contributed by atoms with Crippen LogP contribution in [-0.2, 0) is 10.0 Å². The van der Waals surface area contributed by atoms with Gasteiger partial charge >= 0.3 is 0 Å². The third-order valence-electron chi connectivity index (χ3n) is 5.77. The first-order valence-corrected chi connectivity index (χ1v) is 12.8. The Kier molecular flexibility index (Phi) is 6.22. The summed E-state index contributed by atoms with van der Waals surface area (Å²) in [5.74, 6) is -0.352. The van der Waals surface area contributed by atoms with Gasteiger partial charge in [0.1, 0.15) is 17.8 Å². The molecule has 0 saturated carbocycles. The lowest BCUT2D eigenvalue weighted by molar-refractivity contribution is 0.412. The van der Waals surface area contributed by atoms with Crippen molar-refractivity contribution in [3.63, 3.8) is 0 Å². The van der Waals surface area contributed by atoms with Crippen LogP contribution >= 0.6 is 11.6 Å². The second kappa shape index (κ2) is 9.38. The van der Waals surface area contributed by atoms with Crippen molar-refractivity contribution in [1.29, 1.82) is 0 Å². The molecule has 2 aromatic heterocycles. The van der Waals surface area contributed by atoms with Gasteiger partial charge in [-0.05, 0) is 49.4 Å². The van der Waals surface area contributed by atoms with E-state index in [1.807, 2.05) is 13.0 Å². The van der Waals surface area contributed by atoms with Gasteiger partial charge in [0.15, 0.2) is 5.82 Å². The lowest BCUT2D eigenvalue weighted by Gasteiger charge is -2.17. The molecule has 37 heavy (non-hydrogen) atoms. The summed E-state index contributed by atoms with van der Waals surface area (Å²) in [6.07, 6.45) is 1.24. The molecule has 188 valence electrons. The van der Waals surface area contributed by atoms with Gasteiger partial charge in [-0.3, -0.25) is 14.1 Å². The van der Waals surface area contributed by atoms with Crippen molar-refractivity contribution in [3.8, 4) is 22.6 Å². The van der Waals surface area contributed by atoms with E-state index in [2.05, 4.69) is 14.4 Å². The highest BCUT2D eigenvalue weighted by atomic mass is 35.5. The number of hydrogen-bond acceptors (Lipinski definition) is 6. The number of aromatic nitrogens is 2. The molecule has 0 spiro atoms. The predicted molar refractivity (Wildman–Crippen MR) is 139 cm³/mol. The van der Waals surface area contributed by atoms with Crippen molar-refractivity contribution in [2.24, 2.45) is 0 Å². The van der Waals surface area contributed by atoms with Crippen LogP contribution < -0.4 is 15.0 Å². The Hall–Kier alpha value is -4.15. The van der Waals surface area contributed by atoms with E-state index in [0.29, 0.717) is 21.5 Å². The van der Waals surface area contributed by atoms with E-state index in [1.54, 1.807) is 12.1 Å². The lowest BCUT2D eigenvalue weighted by Crippen LogP contribution is -2.19. The highest BCUT2D eigenvalue weighted by Crippen LogP contribution is 2.37. The van der Waals surface area contributed by atoms with E-state index in [4.69, 9.17) is 16.3 Å². The zero-order chi connectivity index (χ0) is 26.3. The fourth-order valence-corrected chi connectivity index (χ4v) is 5.28. The maximum absolute atomic E-state index is 15.5. The smallest absolute Gasteiger partial charge is 0.263 e. The molecule has 0 aliphatic heterocycles. The van der Waals surface area contributed by atoms with E-state index < -0.39 is 21.4 Å². The molecule has 0 aliphatic carbocycles. The SMILES string of the molecule is COc1cc(-c2cc(C)ccc2Cl)c(F)cc1-n1c(=O)ccc2cc(S(=O)(=O)Nc3ccon3)ccc21. The Balaban J connectivity index is 1.66. The summed E-state index contributed by atoms with van der Waals surface area (Å²) >= 11 is 6.33. The molecule has 1 N–H and O–H groups in total. The molecule has 5 aromatic rings. The minimum atomic E-state index is -3.98. The van der Waals surface area contributed by atoms with Gasteiger partial charge in [-0.25, -0.2) is 12.8 Å². The van der Waals surface area contributed by atoms with Gasteiger partial charge in [0.25, 0.3) is 15.6 Å². The van der Waals surface area contributed by atoms with Gasteiger partial charge < -0.3 is 9.26 Å². The van der Waals surface area contributed by atoms with Crippen molar-refractivity contribution >= 4 is 38.3 Å². The molecule has 0 atom stereocenters. The van der Waals surface area contributed by atoms with Gasteiger partial charge in [-0.15, -0.1) is 0 Å². The summed E-state index contributed by atoms with van der Waals surface area (Å²) in [6.45, 7) is 1.87. The summed E-state index contributed by atoms with van der Waals surface area (Å²) < 4.78 is 54.8. The third kappa shape index (κ3) is 4.56. The molecular formula is C26H19ClFN3O5S. The number of sulfonamides is 1. The minimum Gasteiger partial charge on any atom is -0.495 e. The van der Waals surface area contributed by atoms with Gasteiger partial charge in [0.05, 0.1) is 23.2 Å². The van der Waals surface area contributed by atoms with Gasteiger partial charge in [-0.2, -0.15) is 0 Å². The second-order valence-corrected chi connectivity index (χ2v) is 10.3. The van der Waals surface area contributed by atoms with Crippen molar-refractivity contribution < 1.29 is 22.1 Å². The quantitative estimate of drug-likeness (QED) is 0.303. The Bertz CT molecular complexity index is 1820. The first-order valence-electron chi connectivity index (χ1n) is 10.9. The zero-order valence-corrected chi connectivity index (χ0v) is 21.1. The van der Waals surface area contributed by atoms with Gasteiger partial charge in [0, 0.05) is 39.7 Å². The van der Waals surface area contributed by atoms with Crippen molar-refractivity contribution in [2.75, 3.05) is 11.8 Å². The summed E-state index contributed by atoms with van der Waals surface area (Å²) in [6, 6.07) is 16.3. The molecule has 0 saturated heterocycles. The van der Waals surface area contributed by atoms with E-state index in [-0.39, 0.29) is 27.7 Å². The van der Waals surface area contributed by atoms with Crippen LogP contribution in [0.2, 0.25) is 5.02 Å². The molecule has 0 radical (unpaired) electrons. The Morgan fingerprint density at radius 1 is 1.03 bits per heavy atom. The molecule has 0 aliphatic rings. The topological polar surface area (TPSA) is 103 Å². The highest BCUT2D eigenvalue weighted by molar-refractivity contribution is 7.92. The number of rotatable bonds is 6. The number of ether oxygens (including phenoxy) is 1. The lowest BCUT2D eigenvalue weighted by atomic mass is 10.0. The van der Waals surface area contributed by atoms with Crippen LogP contribution in [0.4, 0.5) is 10.2 Å². The molecule has 0 fully saturated rings. The number of halogens is 2. The summed E-state index contributed by atoms with van der Waals surface area (Å²) in [4.78, 5) is 12.9. The number of nitrogens with zero attached hydrogens (tertiary/aromatic N) is 2. The van der Waals surface area contributed by atoms with E-state index in [1.165, 1.54) is 66.5 Å². The summed E-state index contributed by atoms with van der Waals surface area (Å²) in [7, 11) is -2.57. The number of aryl methyl sites for hydroxylation is 1. The average molecular weight is 540 g/mol. The molecule has 0 amide bonds. The molecule has 5 rings (SSSR count). The zero-order valence-electron chi connectivity index (χ0n) is 19.5. The number of nitrogens with one attached hydrogen (secondary N) is 1. The fraction of sp³-hybridized carbons (Fsp3) is 0.0769. The molecule has 0 bridgehead atoms. The molecular weight excluding hydrogens is 521 g/mol. The highest BCUT2D eigenvalue weighted by Gasteiger charge is 2.20. The molecule has 0 unspecified atom stereocenters. The minimum absolute atomic E-state index is 0.0269. The third-order valence-corrected chi connectivity index (χ3v) is 7.46. The number of methoxy groups -OCH3 is 1. The number of fused-ring (bicyclic) bond motifs is 1.